The Morgan fingerprint density at radius 2 is 2.09 bits per heavy atom. The van der Waals surface area contributed by atoms with Crippen molar-refractivity contribution >= 4 is 28.9 Å². The molecule has 0 unspecified atom stereocenters. The standard InChI is InChI=1S/C16H17NO4S/c1-10(2)21-14-6-5-11(16(19)20)8-13(14)17-15(18)9-12-4-3-7-22-12/h3-8,10H,9H2,1-2H3,(H,17,18)(H,19,20). The van der Waals surface area contributed by atoms with Gasteiger partial charge in [0, 0.05) is 4.88 Å². The van der Waals surface area contributed by atoms with Gasteiger partial charge in [-0.15, -0.1) is 11.3 Å². The first-order valence-corrected chi connectivity index (χ1v) is 7.70. The monoisotopic (exact) mass is 319 g/mol. The van der Waals surface area contributed by atoms with Crippen LogP contribution in [0.3, 0.4) is 0 Å². The summed E-state index contributed by atoms with van der Waals surface area (Å²) < 4.78 is 5.61. The fourth-order valence-electron chi connectivity index (χ4n) is 1.88. The largest absolute Gasteiger partial charge is 0.489 e. The van der Waals surface area contributed by atoms with Gasteiger partial charge in [0.1, 0.15) is 5.75 Å². The highest BCUT2D eigenvalue weighted by Gasteiger charge is 2.13. The van der Waals surface area contributed by atoms with Gasteiger partial charge in [-0.05, 0) is 43.5 Å². The van der Waals surface area contributed by atoms with Crippen LogP contribution in [0.1, 0.15) is 29.1 Å². The fraction of sp³-hybridized carbons (Fsp3) is 0.250. The number of carbonyl (C=O) groups excluding carboxylic acids is 1. The lowest BCUT2D eigenvalue weighted by molar-refractivity contribution is -0.115. The summed E-state index contributed by atoms with van der Waals surface area (Å²) in [5.41, 5.74) is 0.470. The predicted molar refractivity (Wildman–Crippen MR) is 85.8 cm³/mol. The molecule has 0 fully saturated rings. The van der Waals surface area contributed by atoms with Crippen molar-refractivity contribution in [2.24, 2.45) is 0 Å². The molecule has 0 atom stereocenters. The Balaban J connectivity index is 2.20. The van der Waals surface area contributed by atoms with E-state index in [4.69, 9.17) is 9.84 Å². The number of aromatic carboxylic acids is 1. The SMILES string of the molecule is CC(C)Oc1ccc(C(=O)O)cc1NC(=O)Cc1cccs1. The van der Waals surface area contributed by atoms with E-state index in [0.717, 1.165) is 4.88 Å². The van der Waals surface area contributed by atoms with Gasteiger partial charge in [-0.2, -0.15) is 0 Å². The average molecular weight is 319 g/mol. The van der Waals surface area contributed by atoms with Crippen molar-refractivity contribution in [2.75, 3.05) is 5.32 Å². The van der Waals surface area contributed by atoms with E-state index in [1.165, 1.54) is 23.5 Å². The summed E-state index contributed by atoms with van der Waals surface area (Å²) in [6.45, 7) is 3.73. The molecule has 0 aliphatic rings. The minimum Gasteiger partial charge on any atom is -0.489 e. The maximum atomic E-state index is 12.1. The Labute approximate surface area is 132 Å². The lowest BCUT2D eigenvalue weighted by Crippen LogP contribution is -2.16. The third-order valence-corrected chi connectivity index (χ3v) is 3.65. The summed E-state index contributed by atoms with van der Waals surface area (Å²) >= 11 is 1.50. The van der Waals surface area contributed by atoms with E-state index in [-0.39, 0.29) is 24.0 Å². The lowest BCUT2D eigenvalue weighted by atomic mass is 10.1. The molecule has 0 aliphatic carbocycles. The fourth-order valence-corrected chi connectivity index (χ4v) is 2.59. The molecule has 0 saturated heterocycles. The van der Waals surface area contributed by atoms with Gasteiger partial charge >= 0.3 is 5.97 Å². The molecule has 22 heavy (non-hydrogen) atoms. The predicted octanol–water partition coefficient (Wildman–Crippen LogP) is 3.41. The van der Waals surface area contributed by atoms with Crippen molar-refractivity contribution < 1.29 is 19.4 Å². The molecular formula is C16H17NO4S. The van der Waals surface area contributed by atoms with Crippen LogP contribution in [0.2, 0.25) is 0 Å². The van der Waals surface area contributed by atoms with Crippen LogP contribution in [0, 0.1) is 0 Å². The summed E-state index contributed by atoms with van der Waals surface area (Å²) in [7, 11) is 0. The van der Waals surface area contributed by atoms with Crippen molar-refractivity contribution in [2.45, 2.75) is 26.4 Å². The number of nitrogens with one attached hydrogen (secondary N) is 1. The Morgan fingerprint density at radius 1 is 1.32 bits per heavy atom. The molecule has 116 valence electrons. The molecule has 1 aromatic heterocycles. The summed E-state index contributed by atoms with van der Waals surface area (Å²) in [6.07, 6.45) is 0.166. The molecule has 0 radical (unpaired) electrons. The minimum atomic E-state index is -1.05. The molecule has 5 nitrogen and oxygen atoms in total. The van der Waals surface area contributed by atoms with Gasteiger partial charge < -0.3 is 15.2 Å². The number of benzene rings is 1. The summed E-state index contributed by atoms with van der Waals surface area (Å²) in [6, 6.07) is 8.18. The van der Waals surface area contributed by atoms with Gasteiger partial charge in [-0.1, -0.05) is 6.07 Å². The highest BCUT2D eigenvalue weighted by atomic mass is 32.1. The van der Waals surface area contributed by atoms with Crippen LogP contribution in [0.15, 0.2) is 35.7 Å². The van der Waals surface area contributed by atoms with Crippen LogP contribution >= 0.6 is 11.3 Å². The van der Waals surface area contributed by atoms with E-state index < -0.39 is 5.97 Å². The minimum absolute atomic E-state index is 0.0800. The van der Waals surface area contributed by atoms with Gasteiger partial charge in [0.25, 0.3) is 0 Å². The van der Waals surface area contributed by atoms with Crippen molar-refractivity contribution in [3.05, 3.63) is 46.2 Å². The molecule has 1 heterocycles. The van der Waals surface area contributed by atoms with Gasteiger partial charge in [0.05, 0.1) is 23.8 Å². The molecule has 6 heteroatoms. The van der Waals surface area contributed by atoms with Crippen molar-refractivity contribution in [1.82, 2.24) is 0 Å². The normalized spacial score (nSPS) is 10.5. The van der Waals surface area contributed by atoms with E-state index in [1.54, 1.807) is 6.07 Å². The first kappa shape index (κ1) is 16.0. The first-order valence-electron chi connectivity index (χ1n) is 6.82. The zero-order chi connectivity index (χ0) is 16.1. The molecule has 1 aromatic carbocycles. The maximum Gasteiger partial charge on any atom is 0.335 e. The zero-order valence-electron chi connectivity index (χ0n) is 12.3. The summed E-state index contributed by atoms with van der Waals surface area (Å²) in [5.74, 6) is -0.803. The smallest absolute Gasteiger partial charge is 0.335 e. The third kappa shape index (κ3) is 4.33. The van der Waals surface area contributed by atoms with Gasteiger partial charge in [-0.3, -0.25) is 4.79 Å². The topological polar surface area (TPSA) is 75.6 Å². The highest BCUT2D eigenvalue weighted by Crippen LogP contribution is 2.27. The van der Waals surface area contributed by atoms with Crippen LogP contribution in [0.5, 0.6) is 5.75 Å². The quantitative estimate of drug-likeness (QED) is 0.855. The Kier molecular flexibility index (Phi) is 5.16. The second-order valence-electron chi connectivity index (χ2n) is 4.99. The maximum absolute atomic E-state index is 12.1. The Morgan fingerprint density at radius 3 is 2.68 bits per heavy atom. The number of hydrogen-bond acceptors (Lipinski definition) is 4. The van der Waals surface area contributed by atoms with Gasteiger partial charge in [-0.25, -0.2) is 4.79 Å². The van der Waals surface area contributed by atoms with Crippen LogP contribution in [0.25, 0.3) is 0 Å². The van der Waals surface area contributed by atoms with E-state index in [0.29, 0.717) is 11.4 Å². The number of ether oxygens (including phenoxy) is 1. The van der Waals surface area contributed by atoms with Crippen molar-refractivity contribution in [3.8, 4) is 5.75 Å². The molecule has 0 bridgehead atoms. The van der Waals surface area contributed by atoms with E-state index in [2.05, 4.69) is 5.32 Å². The van der Waals surface area contributed by atoms with E-state index in [9.17, 15) is 9.59 Å². The molecule has 0 saturated carbocycles. The molecule has 0 aliphatic heterocycles. The molecular weight excluding hydrogens is 302 g/mol. The number of amides is 1. The number of rotatable bonds is 6. The number of hydrogen-bond donors (Lipinski definition) is 2. The van der Waals surface area contributed by atoms with Crippen LogP contribution in [-0.2, 0) is 11.2 Å². The highest BCUT2D eigenvalue weighted by molar-refractivity contribution is 7.10. The molecule has 2 N–H and O–H groups in total. The van der Waals surface area contributed by atoms with Crippen molar-refractivity contribution in [3.63, 3.8) is 0 Å². The molecule has 2 aromatic rings. The number of thiophene rings is 1. The Hall–Kier alpha value is -2.34. The van der Waals surface area contributed by atoms with Gasteiger partial charge in [0.15, 0.2) is 0 Å². The zero-order valence-corrected chi connectivity index (χ0v) is 13.1. The van der Waals surface area contributed by atoms with E-state index in [1.807, 2.05) is 31.4 Å². The Bertz CT molecular complexity index is 665. The van der Waals surface area contributed by atoms with E-state index >= 15 is 0 Å². The second-order valence-corrected chi connectivity index (χ2v) is 6.02. The molecule has 1 amide bonds. The first-order chi connectivity index (χ1) is 10.5. The lowest BCUT2D eigenvalue weighted by Gasteiger charge is -2.15. The number of carboxylic acids is 1. The van der Waals surface area contributed by atoms with Crippen molar-refractivity contribution in [1.29, 1.82) is 0 Å². The van der Waals surface area contributed by atoms with Crippen LogP contribution in [-0.4, -0.2) is 23.1 Å². The number of anilines is 1. The number of carbonyl (C=O) groups is 2. The summed E-state index contributed by atoms with van der Waals surface area (Å²) in [4.78, 5) is 24.1. The second kappa shape index (κ2) is 7.09. The molecule has 0 spiro atoms. The summed E-state index contributed by atoms with van der Waals surface area (Å²) in [5, 5.41) is 13.7. The average Bonchev–Trinajstić information content (AvgIpc) is 2.92. The molecule has 2 rings (SSSR count). The van der Waals surface area contributed by atoms with Gasteiger partial charge in [0.2, 0.25) is 5.91 Å². The van der Waals surface area contributed by atoms with Crippen LogP contribution < -0.4 is 10.1 Å². The third-order valence-electron chi connectivity index (χ3n) is 2.78. The van der Waals surface area contributed by atoms with Crippen LogP contribution in [0.4, 0.5) is 5.69 Å². The number of carboxylic acid groups (broad SMARTS) is 1.